The summed E-state index contributed by atoms with van der Waals surface area (Å²) < 4.78 is 0. The van der Waals surface area contributed by atoms with Gasteiger partial charge in [-0.3, -0.25) is 9.78 Å². The van der Waals surface area contributed by atoms with Crippen LogP contribution in [0.2, 0.25) is 0 Å². The fourth-order valence-corrected chi connectivity index (χ4v) is 2.98. The van der Waals surface area contributed by atoms with Crippen molar-refractivity contribution in [2.75, 3.05) is 0 Å². The minimum Gasteiger partial charge on any atom is -0.507 e. The lowest BCUT2D eigenvalue weighted by molar-refractivity contribution is 0.0952. The van der Waals surface area contributed by atoms with Crippen molar-refractivity contribution in [3.8, 4) is 5.75 Å². The number of nitrogens with one attached hydrogen (secondary N) is 1. The second-order valence-electron chi connectivity index (χ2n) is 6.22. The monoisotopic (exact) mass is 367 g/mol. The molecule has 5 nitrogen and oxygen atoms in total. The number of phenols is 1. The van der Waals surface area contributed by atoms with Crippen LogP contribution in [-0.4, -0.2) is 21.7 Å². The van der Waals surface area contributed by atoms with E-state index in [9.17, 15) is 9.90 Å². The van der Waals surface area contributed by atoms with Gasteiger partial charge in [-0.05, 0) is 35.0 Å². The molecule has 0 aliphatic heterocycles. The van der Waals surface area contributed by atoms with E-state index in [1.54, 1.807) is 24.5 Å². The summed E-state index contributed by atoms with van der Waals surface area (Å²) >= 11 is 0. The van der Waals surface area contributed by atoms with Crippen LogP contribution in [0.15, 0.2) is 96.4 Å². The van der Waals surface area contributed by atoms with Gasteiger partial charge in [0.25, 0.3) is 5.91 Å². The van der Waals surface area contributed by atoms with Gasteiger partial charge in [0.1, 0.15) is 5.75 Å². The quantitative estimate of drug-likeness (QED) is 0.421. The van der Waals surface area contributed by atoms with Crippen LogP contribution in [0.4, 0.5) is 0 Å². The van der Waals surface area contributed by atoms with Gasteiger partial charge in [0.2, 0.25) is 0 Å². The highest BCUT2D eigenvalue weighted by Crippen LogP contribution is 2.25. The zero-order valence-corrected chi connectivity index (χ0v) is 14.9. The Kier molecular flexibility index (Phi) is 4.80. The molecule has 3 aromatic carbocycles. The molecule has 1 heterocycles. The molecule has 0 aliphatic carbocycles. The van der Waals surface area contributed by atoms with E-state index in [-0.39, 0.29) is 11.3 Å². The van der Waals surface area contributed by atoms with Gasteiger partial charge in [0.05, 0.1) is 11.3 Å². The summed E-state index contributed by atoms with van der Waals surface area (Å²) in [5, 5.41) is 16.3. The number of fused-ring (bicyclic) bond motifs is 1. The number of pyridine rings is 1. The molecule has 136 valence electrons. The van der Waals surface area contributed by atoms with Gasteiger partial charge in [0, 0.05) is 23.5 Å². The highest BCUT2D eigenvalue weighted by atomic mass is 16.3. The second-order valence-corrected chi connectivity index (χ2v) is 6.22. The van der Waals surface area contributed by atoms with Crippen LogP contribution in [0.3, 0.4) is 0 Å². The summed E-state index contributed by atoms with van der Waals surface area (Å²) in [7, 11) is 0. The zero-order valence-electron chi connectivity index (χ0n) is 14.9. The van der Waals surface area contributed by atoms with Crippen LogP contribution in [0.25, 0.3) is 10.8 Å². The molecular formula is C23H17N3O2. The molecule has 4 rings (SSSR count). The van der Waals surface area contributed by atoms with Crippen LogP contribution in [0.1, 0.15) is 21.5 Å². The van der Waals surface area contributed by atoms with E-state index in [1.165, 1.54) is 0 Å². The first kappa shape index (κ1) is 17.4. The minimum atomic E-state index is -0.481. The number of carbonyl (C=O) groups excluding carboxylic acids is 1. The molecule has 0 saturated heterocycles. The molecule has 5 heteroatoms. The van der Waals surface area contributed by atoms with Crippen molar-refractivity contribution >= 4 is 22.4 Å². The van der Waals surface area contributed by atoms with Crippen LogP contribution in [0.5, 0.6) is 5.75 Å². The molecule has 0 bridgehead atoms. The Morgan fingerprint density at radius 3 is 2.14 bits per heavy atom. The number of hydrazone groups is 1. The van der Waals surface area contributed by atoms with E-state index in [2.05, 4.69) is 15.5 Å². The first-order valence-electron chi connectivity index (χ1n) is 8.78. The first-order valence-corrected chi connectivity index (χ1v) is 8.78. The molecular weight excluding hydrogens is 350 g/mol. The summed E-state index contributed by atoms with van der Waals surface area (Å²) in [5.41, 5.74) is 5.03. The van der Waals surface area contributed by atoms with Crippen molar-refractivity contribution < 1.29 is 9.90 Å². The fraction of sp³-hybridized carbons (Fsp3) is 0. The highest BCUT2D eigenvalue weighted by Gasteiger charge is 2.13. The van der Waals surface area contributed by atoms with E-state index in [0.29, 0.717) is 5.71 Å². The van der Waals surface area contributed by atoms with Gasteiger partial charge in [-0.2, -0.15) is 5.10 Å². The Labute approximate surface area is 162 Å². The number of aromatic hydroxyl groups is 1. The third-order valence-electron chi connectivity index (χ3n) is 4.38. The third-order valence-corrected chi connectivity index (χ3v) is 4.38. The van der Waals surface area contributed by atoms with Crippen molar-refractivity contribution in [2.24, 2.45) is 5.10 Å². The van der Waals surface area contributed by atoms with Gasteiger partial charge in [-0.25, -0.2) is 5.43 Å². The Balaban J connectivity index is 1.69. The summed E-state index contributed by atoms with van der Waals surface area (Å²) in [4.78, 5) is 16.7. The molecule has 0 saturated carbocycles. The van der Waals surface area contributed by atoms with Gasteiger partial charge in [-0.15, -0.1) is 0 Å². The number of hydrogen-bond donors (Lipinski definition) is 2. The Hall–Kier alpha value is -3.99. The predicted octanol–water partition coefficient (Wildman–Crippen LogP) is 4.12. The molecule has 4 aromatic rings. The number of rotatable bonds is 4. The zero-order chi connectivity index (χ0) is 19.3. The van der Waals surface area contributed by atoms with Crippen molar-refractivity contribution in [3.05, 3.63) is 108 Å². The number of amides is 1. The number of aromatic nitrogens is 1. The average Bonchev–Trinajstić information content (AvgIpc) is 2.75. The van der Waals surface area contributed by atoms with E-state index in [4.69, 9.17) is 0 Å². The molecule has 1 amide bonds. The lowest BCUT2D eigenvalue weighted by Gasteiger charge is -2.09. The summed E-state index contributed by atoms with van der Waals surface area (Å²) in [6.45, 7) is 0. The molecule has 0 radical (unpaired) electrons. The van der Waals surface area contributed by atoms with Crippen LogP contribution >= 0.6 is 0 Å². The van der Waals surface area contributed by atoms with Gasteiger partial charge < -0.3 is 5.11 Å². The molecule has 1 aromatic heterocycles. The summed E-state index contributed by atoms with van der Waals surface area (Å²) in [5.74, 6) is -0.567. The van der Waals surface area contributed by atoms with Crippen molar-refractivity contribution in [3.63, 3.8) is 0 Å². The fourth-order valence-electron chi connectivity index (χ4n) is 2.98. The number of benzene rings is 3. The third kappa shape index (κ3) is 3.59. The van der Waals surface area contributed by atoms with Crippen molar-refractivity contribution in [1.29, 1.82) is 0 Å². The second kappa shape index (κ2) is 7.72. The van der Waals surface area contributed by atoms with E-state index >= 15 is 0 Å². The molecule has 0 atom stereocenters. The molecule has 0 spiro atoms. The van der Waals surface area contributed by atoms with Crippen molar-refractivity contribution in [2.45, 2.75) is 0 Å². The average molecular weight is 367 g/mol. The van der Waals surface area contributed by atoms with Crippen LogP contribution in [0, 0.1) is 0 Å². The Morgan fingerprint density at radius 2 is 1.43 bits per heavy atom. The largest absolute Gasteiger partial charge is 0.507 e. The number of nitrogens with zero attached hydrogens (tertiary/aromatic N) is 2. The maximum Gasteiger partial charge on any atom is 0.275 e. The Bertz CT molecular complexity index is 1110. The maximum atomic E-state index is 12.7. The number of carbonyl (C=O) groups is 1. The Morgan fingerprint density at radius 1 is 0.821 bits per heavy atom. The highest BCUT2D eigenvalue weighted by molar-refractivity contribution is 6.13. The normalized spacial score (nSPS) is 11.4. The van der Waals surface area contributed by atoms with Crippen LogP contribution < -0.4 is 5.43 Å². The number of hydrogen-bond acceptors (Lipinski definition) is 4. The molecule has 0 fully saturated rings. The lowest BCUT2D eigenvalue weighted by atomic mass is 10.0. The molecule has 28 heavy (non-hydrogen) atoms. The SMILES string of the molecule is O=C(NN=C(c1ccccc1)c1ccncc1)c1cc2ccccc2cc1O. The molecule has 2 N–H and O–H groups in total. The van der Waals surface area contributed by atoms with E-state index in [1.807, 2.05) is 66.7 Å². The van der Waals surface area contributed by atoms with Crippen LogP contribution in [-0.2, 0) is 0 Å². The van der Waals surface area contributed by atoms with E-state index in [0.717, 1.165) is 21.9 Å². The predicted molar refractivity (Wildman–Crippen MR) is 109 cm³/mol. The lowest BCUT2D eigenvalue weighted by Crippen LogP contribution is -2.20. The topological polar surface area (TPSA) is 74.6 Å². The smallest absolute Gasteiger partial charge is 0.275 e. The maximum absolute atomic E-state index is 12.7. The van der Waals surface area contributed by atoms with Gasteiger partial charge in [-0.1, -0.05) is 54.6 Å². The number of phenolic OH excluding ortho intramolecular Hbond substituents is 1. The summed E-state index contributed by atoms with van der Waals surface area (Å²) in [6.07, 6.45) is 3.34. The van der Waals surface area contributed by atoms with Crippen molar-refractivity contribution in [1.82, 2.24) is 10.4 Å². The van der Waals surface area contributed by atoms with Gasteiger partial charge >= 0.3 is 0 Å². The molecule has 0 unspecified atom stereocenters. The summed E-state index contributed by atoms with van der Waals surface area (Å²) in [6, 6.07) is 24.0. The first-order chi connectivity index (χ1) is 13.7. The molecule has 0 aliphatic rings. The standard InChI is InChI=1S/C23H17N3O2/c27-21-15-19-9-5-4-8-18(19)14-20(21)23(28)26-25-22(16-6-2-1-3-7-16)17-10-12-24-13-11-17/h1-15,27H,(H,26,28). The minimum absolute atomic E-state index is 0.0865. The van der Waals surface area contributed by atoms with E-state index < -0.39 is 5.91 Å². The van der Waals surface area contributed by atoms with Gasteiger partial charge in [0.15, 0.2) is 0 Å².